The maximum atomic E-state index is 5.55. The molecular formula is C5H4IN5. The lowest BCUT2D eigenvalue weighted by atomic mass is 10.6. The van der Waals surface area contributed by atoms with Crippen molar-refractivity contribution in [3.63, 3.8) is 0 Å². The molecule has 2 rings (SSSR count). The molecule has 0 atom stereocenters. The molecule has 0 aromatic carbocycles. The fourth-order valence-corrected chi connectivity index (χ4v) is 1.26. The highest BCUT2D eigenvalue weighted by Crippen LogP contribution is 2.16. The Balaban J connectivity index is 2.92. The molecule has 0 saturated carbocycles. The quantitative estimate of drug-likeness (QED) is 0.693. The molecule has 0 fully saturated rings. The van der Waals surface area contributed by atoms with Crippen LogP contribution in [0.4, 0.5) is 5.82 Å². The summed E-state index contributed by atoms with van der Waals surface area (Å²) in [6.45, 7) is 0. The zero-order valence-corrected chi connectivity index (χ0v) is 7.56. The second-order valence-corrected chi connectivity index (χ2v) is 3.06. The number of nitrogen functional groups attached to an aromatic ring is 1. The van der Waals surface area contributed by atoms with Crippen molar-refractivity contribution < 1.29 is 0 Å². The minimum atomic E-state index is 0.492. The highest BCUT2D eigenvalue weighted by molar-refractivity contribution is 14.1. The first-order valence-electron chi connectivity index (χ1n) is 2.90. The zero-order valence-electron chi connectivity index (χ0n) is 5.40. The number of anilines is 1. The Bertz CT molecular complexity index is 395. The van der Waals surface area contributed by atoms with Gasteiger partial charge < -0.3 is 5.73 Å². The first kappa shape index (κ1) is 6.77. The molecule has 2 aromatic heterocycles. The van der Waals surface area contributed by atoms with Gasteiger partial charge in [-0.3, -0.25) is 0 Å². The molecular weight excluding hydrogens is 257 g/mol. The van der Waals surface area contributed by atoms with Crippen molar-refractivity contribution in [3.05, 3.63) is 16.0 Å². The van der Waals surface area contributed by atoms with Crippen molar-refractivity contribution in [2.75, 3.05) is 5.73 Å². The van der Waals surface area contributed by atoms with E-state index in [2.05, 4.69) is 37.9 Å². The van der Waals surface area contributed by atoms with Crippen molar-refractivity contribution in [1.29, 1.82) is 0 Å². The van der Waals surface area contributed by atoms with Gasteiger partial charge in [0.2, 0.25) is 0 Å². The Morgan fingerprint density at radius 1 is 1.55 bits per heavy atom. The van der Waals surface area contributed by atoms with Crippen LogP contribution in [0.25, 0.3) is 5.65 Å². The molecule has 0 aliphatic heterocycles. The number of hydrogen-bond acceptors (Lipinski definition) is 4. The van der Waals surface area contributed by atoms with Gasteiger partial charge in [0, 0.05) is 0 Å². The molecule has 2 N–H and O–H groups in total. The van der Waals surface area contributed by atoms with E-state index >= 15 is 0 Å². The zero-order chi connectivity index (χ0) is 7.84. The van der Waals surface area contributed by atoms with Gasteiger partial charge in [-0.25, -0.2) is 4.52 Å². The summed E-state index contributed by atoms with van der Waals surface area (Å²) >= 11 is 2.09. The maximum Gasteiger partial charge on any atom is 0.193 e. The number of nitrogens with zero attached hydrogens (tertiary/aromatic N) is 4. The lowest BCUT2D eigenvalue weighted by Crippen LogP contribution is -1.90. The summed E-state index contributed by atoms with van der Waals surface area (Å²) in [6, 6.07) is 0. The number of hydrogen-bond donors (Lipinski definition) is 1. The van der Waals surface area contributed by atoms with Gasteiger partial charge in [-0.2, -0.15) is 5.10 Å². The first-order chi connectivity index (χ1) is 5.29. The van der Waals surface area contributed by atoms with Crippen LogP contribution in [-0.4, -0.2) is 19.8 Å². The number of fused-ring (bicyclic) bond motifs is 1. The Morgan fingerprint density at radius 2 is 2.36 bits per heavy atom. The molecule has 2 heterocycles. The Kier molecular flexibility index (Phi) is 1.41. The third-order valence-electron chi connectivity index (χ3n) is 1.28. The van der Waals surface area contributed by atoms with Crippen molar-refractivity contribution >= 4 is 34.1 Å². The molecule has 0 unspecified atom stereocenters. The standard InChI is InChI=1S/C5H4IN5/c6-3-4(7)10-11-2-1-8-9-5(3)11/h1-2H,(H2,7,10). The smallest absolute Gasteiger partial charge is 0.193 e. The average Bonchev–Trinajstić information content (AvgIpc) is 2.30. The van der Waals surface area contributed by atoms with Crippen molar-refractivity contribution in [1.82, 2.24) is 19.8 Å². The van der Waals surface area contributed by atoms with Crippen LogP contribution in [0.3, 0.4) is 0 Å². The summed E-state index contributed by atoms with van der Waals surface area (Å²) in [5.41, 5.74) is 6.24. The molecule has 0 bridgehead atoms. The van der Waals surface area contributed by atoms with E-state index in [4.69, 9.17) is 5.73 Å². The number of aromatic nitrogens is 4. The number of halogens is 1. The molecule has 0 aliphatic rings. The van der Waals surface area contributed by atoms with Crippen LogP contribution in [0.2, 0.25) is 0 Å². The van der Waals surface area contributed by atoms with E-state index < -0.39 is 0 Å². The van der Waals surface area contributed by atoms with Crippen molar-refractivity contribution in [2.45, 2.75) is 0 Å². The molecule has 0 saturated heterocycles. The average molecular weight is 261 g/mol. The lowest BCUT2D eigenvalue weighted by molar-refractivity contribution is 0.892. The van der Waals surface area contributed by atoms with E-state index in [1.54, 1.807) is 16.9 Å². The summed E-state index contributed by atoms with van der Waals surface area (Å²) in [5, 5.41) is 11.6. The third-order valence-corrected chi connectivity index (χ3v) is 2.32. The lowest BCUT2D eigenvalue weighted by Gasteiger charge is -1.85. The normalized spacial score (nSPS) is 10.6. The summed E-state index contributed by atoms with van der Waals surface area (Å²) in [4.78, 5) is 0. The SMILES string of the molecule is Nc1nn2ccnnc2c1I. The predicted molar refractivity (Wildman–Crippen MR) is 47.9 cm³/mol. The van der Waals surface area contributed by atoms with E-state index in [0.29, 0.717) is 11.5 Å². The van der Waals surface area contributed by atoms with Gasteiger partial charge in [0.25, 0.3) is 0 Å². The number of nitrogens with two attached hydrogens (primary N) is 1. The van der Waals surface area contributed by atoms with Gasteiger partial charge in [0.1, 0.15) is 3.57 Å². The molecule has 0 aliphatic carbocycles. The summed E-state index contributed by atoms with van der Waals surface area (Å²) in [6.07, 6.45) is 3.27. The topological polar surface area (TPSA) is 69.1 Å². The van der Waals surface area contributed by atoms with Crippen LogP contribution in [0.1, 0.15) is 0 Å². The van der Waals surface area contributed by atoms with E-state index in [1.165, 1.54) is 0 Å². The largest absolute Gasteiger partial charge is 0.381 e. The highest BCUT2D eigenvalue weighted by atomic mass is 127. The van der Waals surface area contributed by atoms with Crippen LogP contribution in [0.5, 0.6) is 0 Å². The molecule has 56 valence electrons. The fraction of sp³-hybridized carbons (Fsp3) is 0. The van der Waals surface area contributed by atoms with Crippen LogP contribution in [-0.2, 0) is 0 Å². The highest BCUT2D eigenvalue weighted by Gasteiger charge is 2.06. The van der Waals surface area contributed by atoms with Gasteiger partial charge in [0.15, 0.2) is 11.5 Å². The fourth-order valence-electron chi connectivity index (χ4n) is 0.797. The number of rotatable bonds is 0. The molecule has 2 aromatic rings. The minimum absolute atomic E-state index is 0.492. The Labute approximate surface area is 75.7 Å². The van der Waals surface area contributed by atoms with Crippen LogP contribution < -0.4 is 5.73 Å². The van der Waals surface area contributed by atoms with Gasteiger partial charge in [-0.1, -0.05) is 0 Å². The van der Waals surface area contributed by atoms with Crippen molar-refractivity contribution in [3.8, 4) is 0 Å². The van der Waals surface area contributed by atoms with Gasteiger partial charge in [-0.15, -0.1) is 10.2 Å². The summed E-state index contributed by atoms with van der Waals surface area (Å²) in [5.74, 6) is 0.492. The molecule has 11 heavy (non-hydrogen) atoms. The molecule has 0 amide bonds. The second kappa shape index (κ2) is 2.29. The second-order valence-electron chi connectivity index (χ2n) is 1.98. The molecule has 0 spiro atoms. The van der Waals surface area contributed by atoms with Crippen LogP contribution >= 0.6 is 22.6 Å². The molecule has 5 nitrogen and oxygen atoms in total. The van der Waals surface area contributed by atoms with Crippen LogP contribution in [0, 0.1) is 3.57 Å². The van der Waals surface area contributed by atoms with Gasteiger partial charge in [0.05, 0.1) is 12.4 Å². The predicted octanol–water partition coefficient (Wildman–Crippen LogP) is 0.311. The first-order valence-corrected chi connectivity index (χ1v) is 3.98. The maximum absolute atomic E-state index is 5.55. The van der Waals surface area contributed by atoms with E-state index in [0.717, 1.165) is 3.57 Å². The van der Waals surface area contributed by atoms with E-state index in [9.17, 15) is 0 Å². The Morgan fingerprint density at radius 3 is 3.09 bits per heavy atom. The Hall–Kier alpha value is -0.920. The van der Waals surface area contributed by atoms with Gasteiger partial charge in [-0.05, 0) is 22.6 Å². The summed E-state index contributed by atoms with van der Waals surface area (Å²) < 4.78 is 2.44. The van der Waals surface area contributed by atoms with Crippen molar-refractivity contribution in [2.24, 2.45) is 0 Å². The summed E-state index contributed by atoms with van der Waals surface area (Å²) in [7, 11) is 0. The minimum Gasteiger partial charge on any atom is -0.381 e. The monoisotopic (exact) mass is 261 g/mol. The van der Waals surface area contributed by atoms with E-state index in [1.807, 2.05) is 0 Å². The third kappa shape index (κ3) is 0.934. The van der Waals surface area contributed by atoms with E-state index in [-0.39, 0.29) is 0 Å². The van der Waals surface area contributed by atoms with Gasteiger partial charge >= 0.3 is 0 Å². The molecule has 0 radical (unpaired) electrons. The molecule has 6 heteroatoms. The van der Waals surface area contributed by atoms with Crippen LogP contribution in [0.15, 0.2) is 12.4 Å².